The maximum absolute atomic E-state index is 12.8. The van der Waals surface area contributed by atoms with Crippen LogP contribution in [0.2, 0.25) is 0 Å². The Hall–Kier alpha value is -2.62. The molecular weight excluding hydrogens is 460 g/mol. The standard InChI is InChI=1S/C24H36N2O7S/c1-5-7-13-26(19-12-14-34(30,31)16-19)21(27)15-33-24(29)22(17(3)4)25-23(28)18-8-10-20(11-9-18)32-6-2/h8-11,17,19,22H,5-7,12-16H2,1-4H3,(H,25,28)/t19?,22-/m0/s1. The predicted octanol–water partition coefficient (Wildman–Crippen LogP) is 2.20. The Morgan fingerprint density at radius 2 is 1.82 bits per heavy atom. The molecule has 0 bridgehead atoms. The second-order valence-corrected chi connectivity index (χ2v) is 11.0. The number of ether oxygens (including phenoxy) is 2. The number of carbonyl (C=O) groups excluding carboxylic acids is 3. The van der Waals surface area contributed by atoms with Crippen molar-refractivity contribution in [2.24, 2.45) is 5.92 Å². The quantitative estimate of drug-likeness (QED) is 0.441. The summed E-state index contributed by atoms with van der Waals surface area (Å²) >= 11 is 0. The van der Waals surface area contributed by atoms with Crippen molar-refractivity contribution in [1.29, 1.82) is 0 Å². The lowest BCUT2D eigenvalue weighted by Gasteiger charge is -2.28. The second kappa shape index (κ2) is 12.7. The van der Waals surface area contributed by atoms with Crippen molar-refractivity contribution in [2.75, 3.05) is 31.3 Å². The largest absolute Gasteiger partial charge is 0.494 e. The molecule has 1 fully saturated rings. The number of esters is 1. The third-order valence-corrected chi connectivity index (χ3v) is 7.45. The molecule has 0 aliphatic carbocycles. The Bertz CT molecular complexity index is 945. The fourth-order valence-corrected chi connectivity index (χ4v) is 5.49. The molecule has 2 amide bonds. The molecule has 1 unspecified atom stereocenters. The number of hydrogen-bond donors (Lipinski definition) is 1. The number of nitrogens with one attached hydrogen (secondary N) is 1. The van der Waals surface area contributed by atoms with Crippen molar-refractivity contribution in [3.63, 3.8) is 0 Å². The van der Waals surface area contributed by atoms with E-state index in [0.717, 1.165) is 12.8 Å². The number of nitrogens with zero attached hydrogens (tertiary/aromatic N) is 1. The summed E-state index contributed by atoms with van der Waals surface area (Å²) in [7, 11) is -3.16. The van der Waals surface area contributed by atoms with E-state index in [1.807, 2.05) is 13.8 Å². The van der Waals surface area contributed by atoms with E-state index < -0.39 is 46.3 Å². The van der Waals surface area contributed by atoms with Crippen LogP contribution in [-0.2, 0) is 24.2 Å². The molecule has 1 aromatic carbocycles. The van der Waals surface area contributed by atoms with Crippen LogP contribution in [0.1, 0.15) is 57.3 Å². The Kier molecular flexibility index (Phi) is 10.3. The fourth-order valence-electron chi connectivity index (χ4n) is 3.76. The molecule has 1 aromatic rings. The van der Waals surface area contributed by atoms with Crippen molar-refractivity contribution in [2.45, 2.75) is 59.0 Å². The van der Waals surface area contributed by atoms with Crippen molar-refractivity contribution >= 4 is 27.6 Å². The fraction of sp³-hybridized carbons (Fsp3) is 0.625. The number of rotatable bonds is 12. The summed E-state index contributed by atoms with van der Waals surface area (Å²) in [4.78, 5) is 39.7. The predicted molar refractivity (Wildman–Crippen MR) is 128 cm³/mol. The third-order valence-electron chi connectivity index (χ3n) is 5.69. The minimum atomic E-state index is -3.16. The monoisotopic (exact) mass is 496 g/mol. The molecular formula is C24H36N2O7S. The summed E-state index contributed by atoms with van der Waals surface area (Å²) in [5.41, 5.74) is 0.367. The molecule has 0 radical (unpaired) electrons. The van der Waals surface area contributed by atoms with E-state index in [1.54, 1.807) is 38.1 Å². The first kappa shape index (κ1) is 27.6. The van der Waals surface area contributed by atoms with Crippen LogP contribution in [0.5, 0.6) is 5.75 Å². The molecule has 2 rings (SSSR count). The van der Waals surface area contributed by atoms with Crippen LogP contribution in [0, 0.1) is 5.92 Å². The van der Waals surface area contributed by atoms with E-state index in [1.165, 1.54) is 4.90 Å². The van der Waals surface area contributed by atoms with Gasteiger partial charge in [-0.2, -0.15) is 0 Å². The highest BCUT2D eigenvalue weighted by Gasteiger charge is 2.35. The van der Waals surface area contributed by atoms with Gasteiger partial charge in [0.25, 0.3) is 11.8 Å². The molecule has 1 N–H and O–H groups in total. The number of hydrogen-bond acceptors (Lipinski definition) is 7. The van der Waals surface area contributed by atoms with Gasteiger partial charge in [-0.1, -0.05) is 27.2 Å². The molecule has 0 spiro atoms. The zero-order chi connectivity index (χ0) is 25.3. The Labute approximate surface area is 202 Å². The van der Waals surface area contributed by atoms with E-state index >= 15 is 0 Å². The number of sulfone groups is 1. The Morgan fingerprint density at radius 3 is 2.35 bits per heavy atom. The van der Waals surface area contributed by atoms with Gasteiger partial charge in [0.15, 0.2) is 16.4 Å². The number of amides is 2. The smallest absolute Gasteiger partial charge is 0.329 e. The van der Waals surface area contributed by atoms with Crippen molar-refractivity contribution < 1.29 is 32.3 Å². The van der Waals surface area contributed by atoms with Crippen LogP contribution < -0.4 is 10.1 Å². The molecule has 1 aliphatic heterocycles. The summed E-state index contributed by atoms with van der Waals surface area (Å²) < 4.78 is 34.4. The molecule has 1 aliphatic rings. The lowest BCUT2D eigenvalue weighted by molar-refractivity contribution is -0.155. The number of unbranched alkanes of at least 4 members (excludes halogenated alkanes) is 1. The molecule has 1 saturated heterocycles. The first-order valence-electron chi connectivity index (χ1n) is 11.8. The molecule has 190 valence electrons. The molecule has 2 atom stereocenters. The minimum absolute atomic E-state index is 0.0559. The lowest BCUT2D eigenvalue weighted by atomic mass is 10.0. The van der Waals surface area contributed by atoms with Gasteiger partial charge in [-0.05, 0) is 49.9 Å². The van der Waals surface area contributed by atoms with Crippen LogP contribution in [-0.4, -0.2) is 74.4 Å². The third kappa shape index (κ3) is 8.00. The first-order chi connectivity index (χ1) is 16.1. The zero-order valence-corrected chi connectivity index (χ0v) is 21.2. The van der Waals surface area contributed by atoms with Gasteiger partial charge in [0.1, 0.15) is 11.8 Å². The van der Waals surface area contributed by atoms with Crippen LogP contribution in [0.4, 0.5) is 0 Å². The Balaban J connectivity index is 1.99. The van der Waals surface area contributed by atoms with Gasteiger partial charge < -0.3 is 19.7 Å². The average Bonchev–Trinajstić information content (AvgIpc) is 3.15. The van der Waals surface area contributed by atoms with Gasteiger partial charge in [-0.3, -0.25) is 9.59 Å². The lowest BCUT2D eigenvalue weighted by Crippen LogP contribution is -2.47. The van der Waals surface area contributed by atoms with Crippen LogP contribution >= 0.6 is 0 Å². The summed E-state index contributed by atoms with van der Waals surface area (Å²) in [6, 6.07) is 5.22. The molecule has 0 aromatic heterocycles. The van der Waals surface area contributed by atoms with Crippen molar-refractivity contribution in [3.8, 4) is 5.75 Å². The SMILES string of the molecule is CCCCN(C(=O)COC(=O)[C@@H](NC(=O)c1ccc(OCC)cc1)C(C)C)C1CCS(=O)(=O)C1. The number of benzene rings is 1. The maximum atomic E-state index is 12.8. The summed E-state index contributed by atoms with van der Waals surface area (Å²) in [6.07, 6.45) is 1.96. The normalized spacial score (nSPS) is 17.7. The van der Waals surface area contributed by atoms with E-state index in [2.05, 4.69) is 5.32 Å². The second-order valence-electron chi connectivity index (χ2n) is 8.76. The molecule has 1 heterocycles. The Morgan fingerprint density at radius 1 is 1.15 bits per heavy atom. The van der Waals surface area contributed by atoms with Gasteiger partial charge in [0.05, 0.1) is 18.1 Å². The van der Waals surface area contributed by atoms with Gasteiger partial charge >= 0.3 is 5.97 Å². The molecule has 10 heteroatoms. The summed E-state index contributed by atoms with van der Waals surface area (Å²) in [5.74, 6) is -1.22. The highest BCUT2D eigenvalue weighted by molar-refractivity contribution is 7.91. The van der Waals surface area contributed by atoms with Crippen molar-refractivity contribution in [3.05, 3.63) is 29.8 Å². The topological polar surface area (TPSA) is 119 Å². The molecule has 9 nitrogen and oxygen atoms in total. The maximum Gasteiger partial charge on any atom is 0.329 e. The van der Waals surface area contributed by atoms with Gasteiger partial charge in [-0.15, -0.1) is 0 Å². The van der Waals surface area contributed by atoms with Gasteiger partial charge in [-0.25, -0.2) is 13.2 Å². The molecule has 0 saturated carbocycles. The van der Waals surface area contributed by atoms with E-state index in [-0.39, 0.29) is 17.4 Å². The summed E-state index contributed by atoms with van der Waals surface area (Å²) in [5, 5.41) is 2.68. The van der Waals surface area contributed by atoms with Gasteiger partial charge in [0, 0.05) is 18.2 Å². The van der Waals surface area contributed by atoms with Crippen LogP contribution in [0.3, 0.4) is 0 Å². The highest BCUT2D eigenvalue weighted by atomic mass is 32.2. The van der Waals surface area contributed by atoms with Gasteiger partial charge in [0.2, 0.25) is 0 Å². The minimum Gasteiger partial charge on any atom is -0.494 e. The average molecular weight is 497 g/mol. The number of carbonyl (C=O) groups is 3. The van der Waals surface area contributed by atoms with E-state index in [9.17, 15) is 22.8 Å². The van der Waals surface area contributed by atoms with Crippen LogP contribution in [0.25, 0.3) is 0 Å². The summed E-state index contributed by atoms with van der Waals surface area (Å²) in [6.45, 7) is 7.80. The first-order valence-corrected chi connectivity index (χ1v) is 13.6. The van der Waals surface area contributed by atoms with E-state index in [0.29, 0.717) is 30.9 Å². The van der Waals surface area contributed by atoms with Crippen molar-refractivity contribution in [1.82, 2.24) is 10.2 Å². The molecule has 34 heavy (non-hydrogen) atoms. The van der Waals surface area contributed by atoms with E-state index in [4.69, 9.17) is 9.47 Å². The highest BCUT2D eigenvalue weighted by Crippen LogP contribution is 2.19. The zero-order valence-electron chi connectivity index (χ0n) is 20.4. The van der Waals surface area contributed by atoms with Crippen LogP contribution in [0.15, 0.2) is 24.3 Å².